The molecule has 6 nitrogen and oxygen atoms in total. The summed E-state index contributed by atoms with van der Waals surface area (Å²) in [6, 6.07) is 19.1. The van der Waals surface area contributed by atoms with E-state index in [1.165, 1.54) is 0 Å². The maximum Gasteiger partial charge on any atom is 0.252 e. The van der Waals surface area contributed by atoms with Crippen molar-refractivity contribution in [3.8, 4) is 5.75 Å². The Bertz CT molecular complexity index is 1160. The molecule has 0 bridgehead atoms. The third-order valence-electron chi connectivity index (χ3n) is 5.13. The van der Waals surface area contributed by atoms with Crippen molar-refractivity contribution in [2.45, 2.75) is 25.8 Å². The Morgan fingerprint density at radius 2 is 1.88 bits per heavy atom. The van der Waals surface area contributed by atoms with Crippen LogP contribution in [0.3, 0.4) is 0 Å². The lowest BCUT2D eigenvalue weighted by molar-refractivity contribution is 0.0952. The Balaban J connectivity index is 1.32. The highest BCUT2D eigenvalue weighted by Gasteiger charge is 2.11. The average molecular weight is 449 g/mol. The maximum atomic E-state index is 12.2. The third-order valence-corrected chi connectivity index (χ3v) is 5.38. The third kappa shape index (κ3) is 5.65. The lowest BCUT2D eigenvalue weighted by atomic mass is 10.2. The van der Waals surface area contributed by atoms with Crippen LogP contribution in [-0.4, -0.2) is 33.6 Å². The Kier molecular flexibility index (Phi) is 7.35. The van der Waals surface area contributed by atoms with E-state index in [9.17, 15) is 4.79 Å². The number of hydrogen-bond donors (Lipinski definition) is 1. The molecule has 0 fully saturated rings. The summed E-state index contributed by atoms with van der Waals surface area (Å²) >= 11 is 5.92. The zero-order valence-electron chi connectivity index (χ0n) is 17.7. The van der Waals surface area contributed by atoms with Gasteiger partial charge < -0.3 is 14.6 Å². The predicted octanol–water partition coefficient (Wildman–Crippen LogP) is 4.92. The van der Waals surface area contributed by atoms with Crippen LogP contribution in [0, 0.1) is 0 Å². The van der Waals surface area contributed by atoms with Crippen molar-refractivity contribution in [1.82, 2.24) is 19.9 Å². The molecule has 2 heterocycles. The first-order chi connectivity index (χ1) is 15.7. The van der Waals surface area contributed by atoms with Gasteiger partial charge in [0.15, 0.2) is 0 Å². The lowest BCUT2D eigenvalue weighted by Gasteiger charge is -2.11. The minimum absolute atomic E-state index is 0.106. The average Bonchev–Trinajstić information content (AvgIpc) is 3.18. The van der Waals surface area contributed by atoms with Crippen molar-refractivity contribution >= 4 is 28.5 Å². The fourth-order valence-electron chi connectivity index (χ4n) is 3.56. The largest absolute Gasteiger partial charge is 0.494 e. The van der Waals surface area contributed by atoms with Crippen LogP contribution in [0.25, 0.3) is 11.0 Å². The van der Waals surface area contributed by atoms with Gasteiger partial charge in [-0.05, 0) is 61.4 Å². The van der Waals surface area contributed by atoms with E-state index in [0.717, 1.165) is 48.4 Å². The van der Waals surface area contributed by atoms with Crippen molar-refractivity contribution in [3.63, 3.8) is 0 Å². The standard InChI is InChI=1S/C25H25ClN4O2/c26-20-10-12-21(13-11-20)32-17-5-16-30-23-8-2-1-7-22(23)29-24(30)9-4-15-28-25(31)19-6-3-14-27-18-19/h1-3,6-8,10-14,18H,4-5,9,15-17H2,(H,28,31). The van der Waals surface area contributed by atoms with Crippen molar-refractivity contribution in [2.75, 3.05) is 13.2 Å². The van der Waals surface area contributed by atoms with Gasteiger partial charge in [0.2, 0.25) is 0 Å². The number of aromatic nitrogens is 3. The fraction of sp³-hybridized carbons (Fsp3) is 0.240. The zero-order valence-corrected chi connectivity index (χ0v) is 18.5. The Morgan fingerprint density at radius 3 is 2.69 bits per heavy atom. The summed E-state index contributed by atoms with van der Waals surface area (Å²) in [6.07, 6.45) is 5.66. The van der Waals surface area contributed by atoms with Crippen molar-refractivity contribution in [1.29, 1.82) is 0 Å². The molecule has 0 aliphatic carbocycles. The molecule has 4 rings (SSSR count). The molecule has 1 N–H and O–H groups in total. The second-order valence-corrected chi connectivity index (χ2v) is 7.86. The van der Waals surface area contributed by atoms with E-state index in [0.29, 0.717) is 23.7 Å². The topological polar surface area (TPSA) is 69.0 Å². The smallest absolute Gasteiger partial charge is 0.252 e. The van der Waals surface area contributed by atoms with Gasteiger partial charge in [-0.15, -0.1) is 0 Å². The molecule has 0 saturated heterocycles. The van der Waals surface area contributed by atoms with Gasteiger partial charge in [0, 0.05) is 36.9 Å². The number of nitrogens with zero attached hydrogens (tertiary/aromatic N) is 3. The number of ether oxygens (including phenoxy) is 1. The number of hydrogen-bond acceptors (Lipinski definition) is 4. The van der Waals surface area contributed by atoms with E-state index in [1.54, 1.807) is 24.5 Å². The molecule has 0 spiro atoms. The van der Waals surface area contributed by atoms with E-state index in [4.69, 9.17) is 21.3 Å². The molecular formula is C25H25ClN4O2. The first-order valence-corrected chi connectivity index (χ1v) is 11.1. The summed E-state index contributed by atoms with van der Waals surface area (Å²) in [6.45, 7) is 2.00. The molecule has 164 valence electrons. The summed E-state index contributed by atoms with van der Waals surface area (Å²) in [7, 11) is 0. The number of aryl methyl sites for hydroxylation is 2. The molecular weight excluding hydrogens is 424 g/mol. The first-order valence-electron chi connectivity index (χ1n) is 10.7. The quantitative estimate of drug-likeness (QED) is 0.350. The zero-order chi connectivity index (χ0) is 22.2. The number of carbonyl (C=O) groups excluding carboxylic acids is 1. The molecule has 32 heavy (non-hydrogen) atoms. The normalized spacial score (nSPS) is 10.9. The number of amides is 1. The number of para-hydroxylation sites is 2. The van der Waals surface area contributed by atoms with Crippen LogP contribution in [0.2, 0.25) is 5.02 Å². The summed E-state index contributed by atoms with van der Waals surface area (Å²) in [5, 5.41) is 3.65. The molecule has 0 aliphatic heterocycles. The van der Waals surface area contributed by atoms with E-state index in [1.807, 2.05) is 42.5 Å². The van der Waals surface area contributed by atoms with Gasteiger partial charge in [-0.2, -0.15) is 0 Å². The van der Waals surface area contributed by atoms with Crippen molar-refractivity contribution in [3.05, 3.63) is 89.5 Å². The van der Waals surface area contributed by atoms with Gasteiger partial charge in [0.1, 0.15) is 11.6 Å². The highest BCUT2D eigenvalue weighted by molar-refractivity contribution is 6.30. The number of pyridine rings is 1. The SMILES string of the molecule is O=C(NCCCc1nc2ccccc2n1CCCOc1ccc(Cl)cc1)c1cccnc1. The molecule has 1 amide bonds. The minimum atomic E-state index is -0.106. The second-order valence-electron chi connectivity index (χ2n) is 7.43. The van der Waals surface area contributed by atoms with Gasteiger partial charge in [-0.3, -0.25) is 9.78 Å². The lowest BCUT2D eigenvalue weighted by Crippen LogP contribution is -2.25. The fourth-order valence-corrected chi connectivity index (χ4v) is 3.68. The van der Waals surface area contributed by atoms with Crippen LogP contribution in [-0.2, 0) is 13.0 Å². The Hall–Kier alpha value is -3.38. The molecule has 0 unspecified atom stereocenters. The summed E-state index contributed by atoms with van der Waals surface area (Å²) in [4.78, 5) is 21.0. The summed E-state index contributed by atoms with van der Waals surface area (Å²) in [5.41, 5.74) is 2.68. The van der Waals surface area contributed by atoms with E-state index in [-0.39, 0.29) is 5.91 Å². The highest BCUT2D eigenvalue weighted by atomic mass is 35.5. The molecule has 4 aromatic rings. The van der Waals surface area contributed by atoms with Crippen LogP contribution in [0.1, 0.15) is 29.0 Å². The number of imidazole rings is 1. The summed E-state index contributed by atoms with van der Waals surface area (Å²) < 4.78 is 8.09. The molecule has 0 radical (unpaired) electrons. The molecule has 2 aromatic heterocycles. The Labute approximate surface area is 192 Å². The van der Waals surface area contributed by atoms with Crippen LogP contribution >= 0.6 is 11.6 Å². The van der Waals surface area contributed by atoms with Crippen LogP contribution < -0.4 is 10.1 Å². The van der Waals surface area contributed by atoms with Gasteiger partial charge in [0.25, 0.3) is 5.91 Å². The van der Waals surface area contributed by atoms with Crippen LogP contribution in [0.5, 0.6) is 5.75 Å². The number of fused-ring (bicyclic) bond motifs is 1. The monoisotopic (exact) mass is 448 g/mol. The molecule has 7 heteroatoms. The number of rotatable bonds is 10. The van der Waals surface area contributed by atoms with E-state index >= 15 is 0 Å². The minimum Gasteiger partial charge on any atom is -0.494 e. The molecule has 0 aliphatic rings. The molecule has 2 aromatic carbocycles. The van der Waals surface area contributed by atoms with Crippen molar-refractivity contribution < 1.29 is 9.53 Å². The number of carbonyl (C=O) groups is 1. The van der Waals surface area contributed by atoms with Crippen LogP contribution in [0.15, 0.2) is 73.1 Å². The first kappa shape index (κ1) is 21.8. The van der Waals surface area contributed by atoms with Gasteiger partial charge in [-0.25, -0.2) is 4.98 Å². The molecule has 0 atom stereocenters. The predicted molar refractivity (Wildman–Crippen MR) is 126 cm³/mol. The highest BCUT2D eigenvalue weighted by Crippen LogP contribution is 2.19. The number of nitrogens with one attached hydrogen (secondary N) is 1. The van der Waals surface area contributed by atoms with Gasteiger partial charge in [0.05, 0.1) is 23.2 Å². The van der Waals surface area contributed by atoms with E-state index in [2.05, 4.69) is 20.9 Å². The maximum absolute atomic E-state index is 12.2. The van der Waals surface area contributed by atoms with Gasteiger partial charge >= 0.3 is 0 Å². The number of halogens is 1. The molecule has 0 saturated carbocycles. The van der Waals surface area contributed by atoms with Crippen molar-refractivity contribution in [2.24, 2.45) is 0 Å². The van der Waals surface area contributed by atoms with E-state index < -0.39 is 0 Å². The second kappa shape index (κ2) is 10.8. The Morgan fingerprint density at radius 1 is 1.03 bits per heavy atom. The number of benzene rings is 2. The van der Waals surface area contributed by atoms with Crippen LogP contribution in [0.4, 0.5) is 0 Å². The van der Waals surface area contributed by atoms with Gasteiger partial charge in [-0.1, -0.05) is 23.7 Å². The summed E-state index contributed by atoms with van der Waals surface area (Å²) in [5.74, 6) is 1.73.